The summed E-state index contributed by atoms with van der Waals surface area (Å²) in [6.07, 6.45) is 3.99. The Kier molecular flexibility index (Phi) is 4.65. The number of hydrogen-bond acceptors (Lipinski definition) is 3. The molecule has 0 aromatic heterocycles. The van der Waals surface area contributed by atoms with Gasteiger partial charge in [0, 0.05) is 6.04 Å². The Morgan fingerprint density at radius 3 is 2.83 bits per heavy atom. The monoisotopic (exact) mass is 247 g/mol. The van der Waals surface area contributed by atoms with Crippen molar-refractivity contribution in [1.29, 1.82) is 0 Å². The lowest BCUT2D eigenvalue weighted by molar-refractivity contribution is 0.171. The number of fused-ring (bicyclic) bond motifs is 1. The molecule has 1 unspecified atom stereocenters. The third-order valence-corrected chi connectivity index (χ3v) is 3.01. The largest absolute Gasteiger partial charge is 0.486 e. The van der Waals surface area contributed by atoms with Crippen LogP contribution in [0, 0.1) is 0 Å². The van der Waals surface area contributed by atoms with Crippen molar-refractivity contribution in [2.24, 2.45) is 0 Å². The minimum atomic E-state index is 0.304. The zero-order valence-corrected chi connectivity index (χ0v) is 10.9. The van der Waals surface area contributed by atoms with Gasteiger partial charge in [0.25, 0.3) is 0 Å². The van der Waals surface area contributed by atoms with Crippen molar-refractivity contribution in [2.75, 3.05) is 19.8 Å². The van der Waals surface area contributed by atoms with E-state index in [1.165, 1.54) is 5.56 Å². The van der Waals surface area contributed by atoms with Crippen LogP contribution in [0.2, 0.25) is 0 Å². The fraction of sp³-hybridized carbons (Fsp3) is 0.467. The molecule has 0 radical (unpaired) electrons. The van der Waals surface area contributed by atoms with Gasteiger partial charge >= 0.3 is 0 Å². The molecular formula is C15H21NO2. The van der Waals surface area contributed by atoms with Crippen molar-refractivity contribution < 1.29 is 9.47 Å². The molecule has 0 saturated heterocycles. The Morgan fingerprint density at radius 2 is 2.11 bits per heavy atom. The Morgan fingerprint density at radius 1 is 1.33 bits per heavy atom. The van der Waals surface area contributed by atoms with Gasteiger partial charge in [0.05, 0.1) is 0 Å². The molecule has 18 heavy (non-hydrogen) atoms. The number of nitrogens with one attached hydrogen (secondary N) is 1. The maximum Gasteiger partial charge on any atom is 0.161 e. The van der Waals surface area contributed by atoms with E-state index in [-0.39, 0.29) is 0 Å². The van der Waals surface area contributed by atoms with Crippen LogP contribution in [-0.2, 0) is 0 Å². The number of rotatable bonds is 6. The molecule has 1 aromatic rings. The van der Waals surface area contributed by atoms with Crippen LogP contribution in [0.5, 0.6) is 11.5 Å². The van der Waals surface area contributed by atoms with Crippen LogP contribution >= 0.6 is 0 Å². The van der Waals surface area contributed by atoms with Gasteiger partial charge in [-0.3, -0.25) is 0 Å². The second kappa shape index (κ2) is 6.45. The fourth-order valence-electron chi connectivity index (χ4n) is 2.10. The van der Waals surface area contributed by atoms with Gasteiger partial charge in [-0.1, -0.05) is 19.1 Å². The molecule has 3 heteroatoms. The summed E-state index contributed by atoms with van der Waals surface area (Å²) in [6.45, 7) is 8.27. The molecule has 1 N–H and O–H groups in total. The molecule has 0 fully saturated rings. The number of hydrogen-bond donors (Lipinski definition) is 1. The first-order valence-electron chi connectivity index (χ1n) is 6.59. The van der Waals surface area contributed by atoms with Crippen molar-refractivity contribution in [1.82, 2.24) is 5.32 Å². The third kappa shape index (κ3) is 3.05. The fourth-order valence-corrected chi connectivity index (χ4v) is 2.10. The average molecular weight is 247 g/mol. The standard InChI is InChI=1S/C15H21NO2/c1-3-5-13(16-8-4-2)12-6-7-14-15(11-12)18-10-9-17-14/h3,6-7,11,13,16H,1,4-5,8-10H2,2H3. The minimum Gasteiger partial charge on any atom is -0.486 e. The van der Waals surface area contributed by atoms with Crippen LogP contribution in [0.4, 0.5) is 0 Å². The van der Waals surface area contributed by atoms with Gasteiger partial charge in [0.2, 0.25) is 0 Å². The molecule has 0 aliphatic carbocycles. The molecule has 1 aromatic carbocycles. The Bertz CT molecular complexity index is 403. The Labute approximate surface area is 109 Å². The van der Waals surface area contributed by atoms with Gasteiger partial charge in [-0.2, -0.15) is 0 Å². The van der Waals surface area contributed by atoms with Crippen LogP contribution in [0.1, 0.15) is 31.4 Å². The molecule has 1 aliphatic heterocycles. The summed E-state index contributed by atoms with van der Waals surface area (Å²) in [5.41, 5.74) is 1.23. The highest BCUT2D eigenvalue weighted by atomic mass is 16.6. The molecule has 3 nitrogen and oxygen atoms in total. The van der Waals surface area contributed by atoms with Crippen LogP contribution in [0.25, 0.3) is 0 Å². The first kappa shape index (κ1) is 13.0. The molecule has 0 spiro atoms. The summed E-state index contributed by atoms with van der Waals surface area (Å²) in [7, 11) is 0. The summed E-state index contributed by atoms with van der Waals surface area (Å²) in [6, 6.07) is 6.47. The summed E-state index contributed by atoms with van der Waals surface area (Å²) >= 11 is 0. The van der Waals surface area contributed by atoms with E-state index < -0.39 is 0 Å². The zero-order valence-electron chi connectivity index (χ0n) is 10.9. The van der Waals surface area contributed by atoms with E-state index in [9.17, 15) is 0 Å². The van der Waals surface area contributed by atoms with E-state index in [0.717, 1.165) is 30.9 Å². The van der Waals surface area contributed by atoms with Crippen molar-refractivity contribution >= 4 is 0 Å². The van der Waals surface area contributed by atoms with Gasteiger partial charge in [0.1, 0.15) is 13.2 Å². The van der Waals surface area contributed by atoms with Crippen molar-refractivity contribution in [2.45, 2.75) is 25.8 Å². The van der Waals surface area contributed by atoms with Gasteiger partial charge in [0.15, 0.2) is 11.5 Å². The lowest BCUT2D eigenvalue weighted by atomic mass is 10.0. The molecule has 0 amide bonds. The van der Waals surface area contributed by atoms with E-state index in [1.807, 2.05) is 12.1 Å². The average Bonchev–Trinajstić information content (AvgIpc) is 2.43. The SMILES string of the molecule is C=CCC(NCCC)c1ccc2c(c1)OCCO2. The van der Waals surface area contributed by atoms with Crippen LogP contribution in [-0.4, -0.2) is 19.8 Å². The second-order valence-corrected chi connectivity index (χ2v) is 4.43. The molecular weight excluding hydrogens is 226 g/mol. The Hall–Kier alpha value is -1.48. The summed E-state index contributed by atoms with van der Waals surface area (Å²) < 4.78 is 11.2. The molecule has 2 rings (SSSR count). The zero-order chi connectivity index (χ0) is 12.8. The smallest absolute Gasteiger partial charge is 0.161 e. The van der Waals surface area contributed by atoms with Crippen molar-refractivity contribution in [3.8, 4) is 11.5 Å². The lowest BCUT2D eigenvalue weighted by Crippen LogP contribution is -2.22. The maximum atomic E-state index is 5.62. The molecule has 98 valence electrons. The highest BCUT2D eigenvalue weighted by Gasteiger charge is 2.15. The molecule has 0 saturated carbocycles. The first-order chi connectivity index (χ1) is 8.85. The summed E-state index contributed by atoms with van der Waals surface area (Å²) in [4.78, 5) is 0. The normalized spacial score (nSPS) is 15.2. The maximum absolute atomic E-state index is 5.62. The van der Waals surface area contributed by atoms with E-state index >= 15 is 0 Å². The van der Waals surface area contributed by atoms with Gasteiger partial charge < -0.3 is 14.8 Å². The van der Waals surface area contributed by atoms with Crippen LogP contribution in [0.3, 0.4) is 0 Å². The molecule has 0 bridgehead atoms. The molecule has 1 atom stereocenters. The van der Waals surface area contributed by atoms with Crippen molar-refractivity contribution in [3.05, 3.63) is 36.4 Å². The van der Waals surface area contributed by atoms with Crippen LogP contribution < -0.4 is 14.8 Å². The molecule has 1 heterocycles. The highest BCUT2D eigenvalue weighted by Crippen LogP contribution is 2.33. The summed E-state index contributed by atoms with van der Waals surface area (Å²) in [5.74, 6) is 1.70. The Balaban J connectivity index is 2.16. The number of ether oxygens (including phenoxy) is 2. The van der Waals surface area contributed by atoms with E-state index in [2.05, 4.69) is 31.0 Å². The van der Waals surface area contributed by atoms with Gasteiger partial charge in [-0.05, 0) is 37.1 Å². The quantitative estimate of drug-likeness (QED) is 0.784. The van der Waals surface area contributed by atoms with Gasteiger partial charge in [-0.25, -0.2) is 0 Å². The van der Waals surface area contributed by atoms with Crippen molar-refractivity contribution in [3.63, 3.8) is 0 Å². The highest BCUT2D eigenvalue weighted by molar-refractivity contribution is 5.44. The van der Waals surface area contributed by atoms with E-state index in [4.69, 9.17) is 9.47 Å². The molecule has 1 aliphatic rings. The first-order valence-corrected chi connectivity index (χ1v) is 6.59. The third-order valence-electron chi connectivity index (χ3n) is 3.01. The lowest BCUT2D eigenvalue weighted by Gasteiger charge is -2.22. The predicted octanol–water partition coefficient (Wildman–Crippen LogP) is 3.07. The van der Waals surface area contributed by atoms with E-state index in [1.54, 1.807) is 0 Å². The summed E-state index contributed by atoms with van der Waals surface area (Å²) in [5, 5.41) is 3.53. The topological polar surface area (TPSA) is 30.5 Å². The predicted molar refractivity (Wildman–Crippen MR) is 73.3 cm³/mol. The minimum absolute atomic E-state index is 0.304. The second-order valence-electron chi connectivity index (χ2n) is 4.43. The van der Waals surface area contributed by atoms with Crippen LogP contribution in [0.15, 0.2) is 30.9 Å². The number of benzene rings is 1. The van der Waals surface area contributed by atoms with E-state index in [0.29, 0.717) is 19.3 Å². The van der Waals surface area contributed by atoms with Gasteiger partial charge in [-0.15, -0.1) is 6.58 Å².